The summed E-state index contributed by atoms with van der Waals surface area (Å²) in [5.41, 5.74) is 0.726. The number of hydrogen-bond donors (Lipinski definition) is 2. The summed E-state index contributed by atoms with van der Waals surface area (Å²) in [4.78, 5) is 37.5. The fourth-order valence-electron chi connectivity index (χ4n) is 3.55. The lowest BCUT2D eigenvalue weighted by Gasteiger charge is -2.31. The summed E-state index contributed by atoms with van der Waals surface area (Å²) in [5, 5.41) is 16.8. The van der Waals surface area contributed by atoms with E-state index in [1.165, 1.54) is 19.2 Å². The molecule has 1 fully saturated rings. The monoisotopic (exact) mass is 426 g/mol. The number of anilines is 2. The highest BCUT2D eigenvalue weighted by Crippen LogP contribution is 2.29. The second-order valence-electron chi connectivity index (χ2n) is 7.41. The summed E-state index contributed by atoms with van der Waals surface area (Å²) in [6.45, 7) is 1.98. The van der Waals surface area contributed by atoms with Gasteiger partial charge in [0.15, 0.2) is 0 Å². The number of carbonyl (C=O) groups is 2. The third-order valence-corrected chi connectivity index (χ3v) is 5.33. The van der Waals surface area contributed by atoms with Gasteiger partial charge in [-0.15, -0.1) is 0 Å². The number of nitro groups is 1. The molecule has 0 aliphatic carbocycles. The Bertz CT molecular complexity index is 927. The Morgan fingerprint density at radius 1 is 1.13 bits per heavy atom. The fourth-order valence-corrected chi connectivity index (χ4v) is 3.55. The maximum atomic E-state index is 12.4. The predicted molar refractivity (Wildman–Crippen MR) is 117 cm³/mol. The first-order valence-electron chi connectivity index (χ1n) is 10.2. The molecule has 0 spiro atoms. The molecule has 0 unspecified atom stereocenters. The molecule has 9 nitrogen and oxygen atoms in total. The van der Waals surface area contributed by atoms with Crippen LogP contribution in [0.15, 0.2) is 48.5 Å². The van der Waals surface area contributed by atoms with Crippen molar-refractivity contribution in [2.45, 2.75) is 19.3 Å². The molecule has 0 bridgehead atoms. The maximum absolute atomic E-state index is 12.4. The Morgan fingerprint density at radius 2 is 1.84 bits per heavy atom. The van der Waals surface area contributed by atoms with Gasteiger partial charge in [-0.1, -0.05) is 18.2 Å². The number of rotatable bonds is 8. The average molecular weight is 426 g/mol. The summed E-state index contributed by atoms with van der Waals surface area (Å²) in [7, 11) is 1.42. The molecule has 164 valence electrons. The summed E-state index contributed by atoms with van der Waals surface area (Å²) in [5.74, 6) is 0.0312. The summed E-state index contributed by atoms with van der Waals surface area (Å²) in [6.07, 6.45) is 1.67. The highest BCUT2D eigenvalue weighted by molar-refractivity contribution is 5.93. The quantitative estimate of drug-likeness (QED) is 0.495. The lowest BCUT2D eigenvalue weighted by molar-refractivity contribution is -0.384. The molecule has 3 rings (SSSR count). The number of nitrogens with one attached hydrogen (secondary N) is 2. The zero-order valence-corrected chi connectivity index (χ0v) is 17.4. The van der Waals surface area contributed by atoms with E-state index < -0.39 is 4.92 Å². The Kier molecular flexibility index (Phi) is 7.55. The number of ether oxygens (including phenoxy) is 1. The molecule has 1 saturated heterocycles. The van der Waals surface area contributed by atoms with Gasteiger partial charge in [-0.3, -0.25) is 19.7 Å². The number of piperidine rings is 1. The Hall–Kier alpha value is -3.46. The maximum Gasteiger partial charge on any atom is 0.296 e. The van der Waals surface area contributed by atoms with Crippen LogP contribution < -0.4 is 15.4 Å². The van der Waals surface area contributed by atoms with Gasteiger partial charge >= 0.3 is 0 Å². The molecule has 0 aromatic heterocycles. The van der Waals surface area contributed by atoms with Crippen LogP contribution in [-0.4, -0.2) is 48.4 Å². The number of nitrogens with zero attached hydrogens (tertiary/aromatic N) is 2. The van der Waals surface area contributed by atoms with Crippen molar-refractivity contribution in [1.29, 1.82) is 0 Å². The SMILES string of the molecule is COc1ccc(NC(=O)CCN2CCC(C(=O)Nc3ccccc3)CC2)c([N+](=O)[O-])c1. The molecule has 0 atom stereocenters. The van der Waals surface area contributed by atoms with Crippen LogP contribution in [-0.2, 0) is 9.59 Å². The molecule has 1 aliphatic heterocycles. The van der Waals surface area contributed by atoms with Gasteiger partial charge in [0.25, 0.3) is 5.69 Å². The summed E-state index contributed by atoms with van der Waals surface area (Å²) < 4.78 is 5.00. The lowest BCUT2D eigenvalue weighted by Crippen LogP contribution is -2.39. The standard InChI is InChI=1S/C22H26N4O5/c1-31-18-7-8-19(20(15-18)26(29)30)24-21(27)11-14-25-12-9-16(10-13-25)22(28)23-17-5-3-2-4-6-17/h2-8,15-16H,9-14H2,1H3,(H,23,28)(H,24,27). The molecule has 2 amide bonds. The van der Waals surface area contributed by atoms with Crippen LogP contribution in [0.3, 0.4) is 0 Å². The second-order valence-corrected chi connectivity index (χ2v) is 7.41. The predicted octanol–water partition coefficient (Wildman–Crippen LogP) is 3.28. The van der Waals surface area contributed by atoms with Gasteiger partial charge in [0.1, 0.15) is 11.4 Å². The molecular weight excluding hydrogens is 400 g/mol. The van der Waals surface area contributed by atoms with Gasteiger partial charge in [-0.25, -0.2) is 0 Å². The van der Waals surface area contributed by atoms with Crippen molar-refractivity contribution in [3.05, 3.63) is 58.6 Å². The molecule has 2 N–H and O–H groups in total. The van der Waals surface area contributed by atoms with E-state index >= 15 is 0 Å². The molecule has 0 radical (unpaired) electrons. The smallest absolute Gasteiger partial charge is 0.296 e. The number of hydrogen-bond acceptors (Lipinski definition) is 6. The average Bonchev–Trinajstić information content (AvgIpc) is 2.78. The fraction of sp³-hybridized carbons (Fsp3) is 0.364. The second kappa shape index (κ2) is 10.5. The number of likely N-dealkylation sites (tertiary alicyclic amines) is 1. The zero-order valence-electron chi connectivity index (χ0n) is 17.4. The van der Waals surface area contributed by atoms with E-state index in [1.807, 2.05) is 30.3 Å². The summed E-state index contributed by atoms with van der Waals surface area (Å²) >= 11 is 0. The minimum absolute atomic E-state index is 0.0235. The Morgan fingerprint density at radius 3 is 2.48 bits per heavy atom. The molecule has 31 heavy (non-hydrogen) atoms. The van der Waals surface area contributed by atoms with E-state index in [0.717, 1.165) is 31.6 Å². The first-order chi connectivity index (χ1) is 15.0. The largest absolute Gasteiger partial charge is 0.496 e. The number of carbonyl (C=O) groups excluding carboxylic acids is 2. The van der Waals surface area contributed by atoms with Gasteiger partial charge in [0.2, 0.25) is 11.8 Å². The van der Waals surface area contributed by atoms with Crippen molar-refractivity contribution in [3.63, 3.8) is 0 Å². The highest BCUT2D eigenvalue weighted by Gasteiger charge is 2.25. The molecule has 0 saturated carbocycles. The first kappa shape index (κ1) is 22.2. The van der Waals surface area contributed by atoms with Crippen LogP contribution in [0.2, 0.25) is 0 Å². The van der Waals surface area contributed by atoms with Crippen LogP contribution in [0.25, 0.3) is 0 Å². The van der Waals surface area contributed by atoms with Crippen LogP contribution >= 0.6 is 0 Å². The zero-order chi connectivity index (χ0) is 22.2. The number of benzene rings is 2. The van der Waals surface area contributed by atoms with Crippen LogP contribution in [0, 0.1) is 16.0 Å². The molecule has 1 heterocycles. The van der Waals surface area contributed by atoms with E-state index in [1.54, 1.807) is 6.07 Å². The van der Waals surface area contributed by atoms with Crippen LogP contribution in [0.4, 0.5) is 17.1 Å². The number of nitro benzene ring substituents is 1. The van der Waals surface area contributed by atoms with E-state index in [4.69, 9.17) is 4.74 Å². The van der Waals surface area contributed by atoms with Gasteiger partial charge < -0.3 is 20.3 Å². The van der Waals surface area contributed by atoms with Gasteiger partial charge in [-0.2, -0.15) is 0 Å². The van der Waals surface area contributed by atoms with Gasteiger partial charge in [0.05, 0.1) is 18.1 Å². The molecule has 1 aliphatic rings. The first-order valence-corrected chi connectivity index (χ1v) is 10.2. The minimum Gasteiger partial charge on any atom is -0.496 e. The molecule has 2 aromatic carbocycles. The minimum atomic E-state index is -0.552. The Balaban J connectivity index is 1.44. The van der Waals surface area contributed by atoms with E-state index in [9.17, 15) is 19.7 Å². The van der Waals surface area contributed by atoms with Crippen molar-refractivity contribution < 1.29 is 19.2 Å². The van der Waals surface area contributed by atoms with Crippen molar-refractivity contribution in [2.24, 2.45) is 5.92 Å². The third kappa shape index (κ3) is 6.26. The molecule has 2 aromatic rings. The number of methoxy groups -OCH3 is 1. The topological polar surface area (TPSA) is 114 Å². The highest BCUT2D eigenvalue weighted by atomic mass is 16.6. The lowest BCUT2D eigenvalue weighted by atomic mass is 9.95. The van der Waals surface area contributed by atoms with Gasteiger partial charge in [-0.05, 0) is 50.2 Å². The van der Waals surface area contributed by atoms with Gasteiger partial charge in [0, 0.05) is 24.6 Å². The number of amides is 2. The van der Waals surface area contributed by atoms with E-state index in [2.05, 4.69) is 15.5 Å². The van der Waals surface area contributed by atoms with E-state index in [-0.39, 0.29) is 35.5 Å². The third-order valence-electron chi connectivity index (χ3n) is 5.33. The van der Waals surface area contributed by atoms with E-state index in [0.29, 0.717) is 12.3 Å². The normalized spacial score (nSPS) is 14.6. The van der Waals surface area contributed by atoms with Crippen LogP contribution in [0.5, 0.6) is 5.75 Å². The molecular formula is C22H26N4O5. The van der Waals surface area contributed by atoms with Crippen molar-refractivity contribution in [1.82, 2.24) is 4.90 Å². The van der Waals surface area contributed by atoms with Crippen LogP contribution in [0.1, 0.15) is 19.3 Å². The number of para-hydroxylation sites is 1. The van der Waals surface area contributed by atoms with Crippen molar-refractivity contribution in [3.8, 4) is 5.75 Å². The van der Waals surface area contributed by atoms with Crippen molar-refractivity contribution in [2.75, 3.05) is 37.4 Å². The Labute approximate surface area is 180 Å². The molecule has 9 heteroatoms. The van der Waals surface area contributed by atoms with Crippen molar-refractivity contribution >= 4 is 28.9 Å². The summed E-state index contributed by atoms with van der Waals surface area (Å²) in [6, 6.07) is 13.7.